The fourth-order valence-corrected chi connectivity index (χ4v) is 2.59. The Bertz CT molecular complexity index is 987. The van der Waals surface area contributed by atoms with Crippen LogP contribution in [0.3, 0.4) is 0 Å². The molecule has 0 saturated heterocycles. The third-order valence-corrected chi connectivity index (χ3v) is 4.31. The van der Waals surface area contributed by atoms with E-state index in [-0.39, 0.29) is 11.6 Å². The van der Waals surface area contributed by atoms with Crippen LogP contribution in [0.2, 0.25) is 0 Å². The largest absolute Gasteiger partial charge is 0.493 e. The molecule has 2 N–H and O–H groups in total. The number of carbonyl (C=O) groups excluding carboxylic acids is 1. The van der Waals surface area contributed by atoms with E-state index in [0.717, 1.165) is 5.69 Å². The third-order valence-electron chi connectivity index (χ3n) is 4.31. The molecule has 0 radical (unpaired) electrons. The molecule has 0 aliphatic heterocycles. The van der Waals surface area contributed by atoms with Crippen molar-refractivity contribution in [2.45, 2.75) is 13.8 Å². The van der Waals surface area contributed by atoms with Crippen molar-refractivity contribution in [2.24, 2.45) is 0 Å². The molecular formula is C21H22N4O3. The standard InChI is InChI=1S/C21H22N4O3/c1-13-5-6-15(9-14(13)2)24-20-12-22-17(11-23-20)21(26)25-16-7-8-18(27-3)19(10-16)28-4/h5-12H,1-4H3,(H,23,24)(H,25,26). The minimum Gasteiger partial charge on any atom is -0.493 e. The number of amides is 1. The molecule has 0 saturated carbocycles. The molecule has 0 aliphatic carbocycles. The lowest BCUT2D eigenvalue weighted by atomic mass is 10.1. The molecule has 7 nitrogen and oxygen atoms in total. The van der Waals surface area contributed by atoms with Crippen LogP contribution in [0.4, 0.5) is 17.2 Å². The molecule has 0 fully saturated rings. The van der Waals surface area contributed by atoms with Gasteiger partial charge in [0.25, 0.3) is 5.91 Å². The highest BCUT2D eigenvalue weighted by Crippen LogP contribution is 2.29. The van der Waals surface area contributed by atoms with Crippen LogP contribution in [0, 0.1) is 13.8 Å². The van der Waals surface area contributed by atoms with Gasteiger partial charge in [0, 0.05) is 17.4 Å². The summed E-state index contributed by atoms with van der Waals surface area (Å²) in [6.07, 6.45) is 2.96. The summed E-state index contributed by atoms with van der Waals surface area (Å²) in [5.41, 5.74) is 4.10. The number of benzene rings is 2. The van der Waals surface area contributed by atoms with Gasteiger partial charge in [0.15, 0.2) is 11.5 Å². The van der Waals surface area contributed by atoms with Crippen LogP contribution >= 0.6 is 0 Å². The Kier molecular flexibility index (Phi) is 5.74. The molecule has 0 spiro atoms. The van der Waals surface area contributed by atoms with E-state index >= 15 is 0 Å². The lowest BCUT2D eigenvalue weighted by Gasteiger charge is -2.11. The quantitative estimate of drug-likeness (QED) is 0.671. The van der Waals surface area contributed by atoms with Crippen molar-refractivity contribution in [3.8, 4) is 11.5 Å². The molecule has 7 heteroatoms. The average molecular weight is 378 g/mol. The predicted octanol–water partition coefficient (Wildman–Crippen LogP) is 4.11. The van der Waals surface area contributed by atoms with E-state index < -0.39 is 0 Å². The van der Waals surface area contributed by atoms with Crippen molar-refractivity contribution in [1.29, 1.82) is 0 Å². The number of hydrogen-bond acceptors (Lipinski definition) is 6. The maximum absolute atomic E-state index is 12.4. The van der Waals surface area contributed by atoms with Crippen molar-refractivity contribution >= 4 is 23.1 Å². The van der Waals surface area contributed by atoms with Gasteiger partial charge in [-0.25, -0.2) is 9.97 Å². The van der Waals surface area contributed by atoms with Crippen molar-refractivity contribution in [1.82, 2.24) is 9.97 Å². The van der Waals surface area contributed by atoms with Crippen LogP contribution in [-0.2, 0) is 0 Å². The Balaban J connectivity index is 1.69. The minimum absolute atomic E-state index is 0.209. The number of methoxy groups -OCH3 is 2. The van der Waals surface area contributed by atoms with Crippen LogP contribution in [0.25, 0.3) is 0 Å². The van der Waals surface area contributed by atoms with Crippen molar-refractivity contribution in [3.05, 3.63) is 65.6 Å². The normalized spacial score (nSPS) is 10.3. The maximum atomic E-state index is 12.4. The van der Waals surface area contributed by atoms with Gasteiger partial charge in [-0.3, -0.25) is 4.79 Å². The highest BCUT2D eigenvalue weighted by Gasteiger charge is 2.11. The van der Waals surface area contributed by atoms with Crippen molar-refractivity contribution < 1.29 is 14.3 Å². The zero-order valence-electron chi connectivity index (χ0n) is 16.2. The highest BCUT2D eigenvalue weighted by molar-refractivity contribution is 6.02. The van der Waals surface area contributed by atoms with Gasteiger partial charge in [0.1, 0.15) is 11.5 Å². The van der Waals surface area contributed by atoms with E-state index in [9.17, 15) is 4.79 Å². The molecule has 28 heavy (non-hydrogen) atoms. The molecule has 1 aromatic heterocycles. The van der Waals surface area contributed by atoms with Crippen LogP contribution in [-0.4, -0.2) is 30.1 Å². The first-order valence-electron chi connectivity index (χ1n) is 8.70. The van der Waals surface area contributed by atoms with E-state index in [2.05, 4.69) is 27.5 Å². The molecular weight excluding hydrogens is 356 g/mol. The smallest absolute Gasteiger partial charge is 0.275 e. The van der Waals surface area contributed by atoms with Crippen molar-refractivity contribution in [3.63, 3.8) is 0 Å². The number of aryl methyl sites for hydroxylation is 2. The Morgan fingerprint density at radius 2 is 1.61 bits per heavy atom. The predicted molar refractivity (Wildman–Crippen MR) is 109 cm³/mol. The van der Waals surface area contributed by atoms with Crippen LogP contribution in [0.5, 0.6) is 11.5 Å². The number of ether oxygens (including phenoxy) is 2. The van der Waals surface area contributed by atoms with Gasteiger partial charge < -0.3 is 20.1 Å². The van der Waals surface area contributed by atoms with Crippen LogP contribution < -0.4 is 20.1 Å². The van der Waals surface area contributed by atoms with Gasteiger partial charge >= 0.3 is 0 Å². The van der Waals surface area contributed by atoms with Gasteiger partial charge in [-0.05, 0) is 49.2 Å². The summed E-state index contributed by atoms with van der Waals surface area (Å²) in [5.74, 6) is 1.31. The lowest BCUT2D eigenvalue weighted by molar-refractivity contribution is 0.102. The number of anilines is 3. The molecule has 1 heterocycles. The summed E-state index contributed by atoms with van der Waals surface area (Å²) < 4.78 is 10.4. The summed E-state index contributed by atoms with van der Waals surface area (Å²) in [4.78, 5) is 20.9. The maximum Gasteiger partial charge on any atom is 0.275 e. The van der Waals surface area contributed by atoms with E-state index in [0.29, 0.717) is 23.0 Å². The third kappa shape index (κ3) is 4.37. The summed E-state index contributed by atoms with van der Waals surface area (Å²) in [5, 5.41) is 5.95. The zero-order valence-corrected chi connectivity index (χ0v) is 16.2. The summed E-state index contributed by atoms with van der Waals surface area (Å²) in [6, 6.07) is 11.2. The topological polar surface area (TPSA) is 85.4 Å². The second kappa shape index (κ2) is 8.39. The minimum atomic E-state index is -0.363. The fourth-order valence-electron chi connectivity index (χ4n) is 2.59. The Morgan fingerprint density at radius 3 is 2.25 bits per heavy atom. The molecule has 144 valence electrons. The molecule has 1 amide bonds. The molecule has 0 aliphatic rings. The zero-order chi connectivity index (χ0) is 20.1. The summed E-state index contributed by atoms with van der Waals surface area (Å²) in [6.45, 7) is 4.11. The average Bonchev–Trinajstić information content (AvgIpc) is 2.71. The van der Waals surface area contributed by atoms with Gasteiger partial charge in [-0.15, -0.1) is 0 Å². The second-order valence-corrected chi connectivity index (χ2v) is 6.23. The number of nitrogens with zero attached hydrogens (tertiary/aromatic N) is 2. The Hall–Kier alpha value is -3.61. The van der Waals surface area contributed by atoms with E-state index in [1.165, 1.54) is 30.6 Å². The van der Waals surface area contributed by atoms with Crippen LogP contribution in [0.15, 0.2) is 48.8 Å². The van der Waals surface area contributed by atoms with E-state index in [1.807, 2.05) is 25.1 Å². The first-order valence-corrected chi connectivity index (χ1v) is 8.70. The molecule has 0 atom stereocenters. The second-order valence-electron chi connectivity index (χ2n) is 6.23. The van der Waals surface area contributed by atoms with Crippen LogP contribution in [0.1, 0.15) is 21.6 Å². The first-order chi connectivity index (χ1) is 13.5. The Morgan fingerprint density at radius 1 is 0.857 bits per heavy atom. The van der Waals surface area contributed by atoms with Gasteiger partial charge in [-0.2, -0.15) is 0 Å². The fraction of sp³-hybridized carbons (Fsp3) is 0.190. The highest BCUT2D eigenvalue weighted by atomic mass is 16.5. The van der Waals surface area contributed by atoms with Gasteiger partial charge in [0.05, 0.1) is 26.6 Å². The SMILES string of the molecule is COc1ccc(NC(=O)c2cnc(Nc3ccc(C)c(C)c3)cn2)cc1OC. The van der Waals surface area contributed by atoms with Gasteiger partial charge in [0.2, 0.25) is 0 Å². The number of rotatable bonds is 6. The summed E-state index contributed by atoms with van der Waals surface area (Å²) >= 11 is 0. The summed E-state index contributed by atoms with van der Waals surface area (Å²) in [7, 11) is 3.09. The number of aromatic nitrogens is 2. The van der Waals surface area contributed by atoms with E-state index in [4.69, 9.17) is 9.47 Å². The molecule has 3 rings (SSSR count). The van der Waals surface area contributed by atoms with E-state index in [1.54, 1.807) is 25.3 Å². The lowest BCUT2D eigenvalue weighted by Crippen LogP contribution is -2.14. The van der Waals surface area contributed by atoms with Crippen molar-refractivity contribution in [2.75, 3.05) is 24.9 Å². The molecule has 0 unspecified atom stereocenters. The number of nitrogens with one attached hydrogen (secondary N) is 2. The molecule has 2 aromatic carbocycles. The first kappa shape index (κ1) is 19.2. The van der Waals surface area contributed by atoms with Gasteiger partial charge in [-0.1, -0.05) is 6.07 Å². The number of hydrogen-bond donors (Lipinski definition) is 2. The number of carbonyl (C=O) groups is 1. The molecule has 0 bridgehead atoms. The monoisotopic (exact) mass is 378 g/mol. The molecule has 3 aromatic rings. The Labute approximate surface area is 163 Å².